The Bertz CT molecular complexity index is 889. The molecule has 6 heteroatoms. The van der Waals surface area contributed by atoms with E-state index >= 15 is 0 Å². The van der Waals surface area contributed by atoms with E-state index in [9.17, 15) is 4.79 Å². The highest BCUT2D eigenvalue weighted by Gasteiger charge is 2.09. The summed E-state index contributed by atoms with van der Waals surface area (Å²) in [6.45, 7) is 3.12. The van der Waals surface area contributed by atoms with Gasteiger partial charge < -0.3 is 10.1 Å². The molecule has 0 aliphatic rings. The van der Waals surface area contributed by atoms with Gasteiger partial charge in [0.25, 0.3) is 5.56 Å². The fourth-order valence-electron chi connectivity index (χ4n) is 2.48. The van der Waals surface area contributed by atoms with Gasteiger partial charge in [0.15, 0.2) is 0 Å². The van der Waals surface area contributed by atoms with Gasteiger partial charge in [0.1, 0.15) is 11.1 Å². The van der Waals surface area contributed by atoms with Crippen molar-refractivity contribution in [3.05, 3.63) is 58.9 Å². The third kappa shape index (κ3) is 3.01. The smallest absolute Gasteiger partial charge is 0.265 e. The number of aryl methyl sites for hydroxylation is 1. The van der Waals surface area contributed by atoms with E-state index in [2.05, 4.69) is 15.3 Å². The summed E-state index contributed by atoms with van der Waals surface area (Å²) in [5.74, 6) is 0.548. The Labute approximate surface area is 133 Å². The second kappa shape index (κ2) is 6.48. The number of anilines is 1. The van der Waals surface area contributed by atoms with Crippen molar-refractivity contribution in [2.45, 2.75) is 13.5 Å². The summed E-state index contributed by atoms with van der Waals surface area (Å²) >= 11 is 0. The maximum atomic E-state index is 12.6. The molecule has 0 aliphatic carbocycles. The zero-order valence-electron chi connectivity index (χ0n) is 13.1. The van der Waals surface area contributed by atoms with Crippen molar-refractivity contribution in [3.8, 4) is 5.75 Å². The van der Waals surface area contributed by atoms with Gasteiger partial charge in [-0.05, 0) is 30.7 Å². The lowest BCUT2D eigenvalue weighted by molar-refractivity contribution is 0.419. The Hall–Kier alpha value is -2.89. The number of fused-ring (bicyclic) bond motifs is 1. The molecule has 0 amide bonds. The quantitative estimate of drug-likeness (QED) is 0.782. The number of methoxy groups -OCH3 is 1. The number of rotatable bonds is 5. The number of aromatic nitrogens is 3. The molecule has 0 bridgehead atoms. The molecular formula is C17H18N4O2. The van der Waals surface area contributed by atoms with Crippen LogP contribution < -0.4 is 15.6 Å². The first-order valence-electron chi connectivity index (χ1n) is 7.37. The van der Waals surface area contributed by atoms with Crippen molar-refractivity contribution in [1.82, 2.24) is 14.5 Å². The molecule has 118 valence electrons. The summed E-state index contributed by atoms with van der Waals surface area (Å²) in [5.41, 5.74) is 2.63. The highest BCUT2D eigenvalue weighted by molar-refractivity contribution is 5.83. The van der Waals surface area contributed by atoms with Crippen LogP contribution in [0.3, 0.4) is 0 Å². The maximum absolute atomic E-state index is 12.6. The molecular weight excluding hydrogens is 292 g/mol. The molecule has 0 spiro atoms. The molecule has 2 heterocycles. The van der Waals surface area contributed by atoms with Crippen LogP contribution in [0.1, 0.15) is 5.56 Å². The molecule has 3 aromatic rings. The molecule has 0 saturated carbocycles. The lowest BCUT2D eigenvalue weighted by atomic mass is 10.2. The van der Waals surface area contributed by atoms with Crippen LogP contribution >= 0.6 is 0 Å². The first-order valence-corrected chi connectivity index (χ1v) is 7.37. The number of ether oxygens (including phenoxy) is 1. The van der Waals surface area contributed by atoms with Crippen LogP contribution in [0.2, 0.25) is 0 Å². The van der Waals surface area contributed by atoms with Crippen LogP contribution in [0, 0.1) is 6.92 Å². The van der Waals surface area contributed by atoms with Crippen molar-refractivity contribution in [1.29, 1.82) is 0 Å². The fourth-order valence-corrected chi connectivity index (χ4v) is 2.48. The normalized spacial score (nSPS) is 10.7. The van der Waals surface area contributed by atoms with Gasteiger partial charge in [0.2, 0.25) is 0 Å². The lowest BCUT2D eigenvalue weighted by Gasteiger charge is -2.11. The maximum Gasteiger partial charge on any atom is 0.265 e. The van der Waals surface area contributed by atoms with Gasteiger partial charge in [-0.1, -0.05) is 6.07 Å². The van der Waals surface area contributed by atoms with Crippen LogP contribution in [0.4, 0.5) is 5.69 Å². The monoisotopic (exact) mass is 310 g/mol. The van der Waals surface area contributed by atoms with Crippen molar-refractivity contribution in [2.75, 3.05) is 19.0 Å². The molecule has 1 N–H and O–H groups in total. The Morgan fingerprint density at radius 1 is 1.30 bits per heavy atom. The van der Waals surface area contributed by atoms with E-state index in [4.69, 9.17) is 4.74 Å². The zero-order chi connectivity index (χ0) is 16.2. The van der Waals surface area contributed by atoms with E-state index in [1.807, 2.05) is 25.1 Å². The molecule has 3 rings (SSSR count). The SMILES string of the molecule is COc1cccc2ncn(CCNc3ccncc3C)c(=O)c12. The molecule has 0 fully saturated rings. The number of hydrogen-bond acceptors (Lipinski definition) is 5. The van der Waals surface area contributed by atoms with Gasteiger partial charge >= 0.3 is 0 Å². The van der Waals surface area contributed by atoms with Crippen LogP contribution in [-0.2, 0) is 6.54 Å². The van der Waals surface area contributed by atoms with E-state index in [1.54, 1.807) is 36.5 Å². The van der Waals surface area contributed by atoms with Gasteiger partial charge in [-0.3, -0.25) is 14.3 Å². The third-order valence-electron chi connectivity index (χ3n) is 3.72. The second-order valence-electron chi connectivity index (χ2n) is 5.21. The average molecular weight is 310 g/mol. The largest absolute Gasteiger partial charge is 0.496 e. The molecule has 0 radical (unpaired) electrons. The van der Waals surface area contributed by atoms with Crippen molar-refractivity contribution >= 4 is 16.6 Å². The summed E-state index contributed by atoms with van der Waals surface area (Å²) in [7, 11) is 1.55. The second-order valence-corrected chi connectivity index (χ2v) is 5.21. The number of nitrogens with zero attached hydrogens (tertiary/aromatic N) is 3. The van der Waals surface area contributed by atoms with E-state index in [0.29, 0.717) is 29.7 Å². The van der Waals surface area contributed by atoms with E-state index in [-0.39, 0.29) is 5.56 Å². The summed E-state index contributed by atoms with van der Waals surface area (Å²) in [6.07, 6.45) is 5.12. The number of pyridine rings is 1. The minimum absolute atomic E-state index is 0.0966. The molecule has 2 aromatic heterocycles. The van der Waals surface area contributed by atoms with Crippen LogP contribution in [-0.4, -0.2) is 28.2 Å². The van der Waals surface area contributed by atoms with Gasteiger partial charge in [0, 0.05) is 31.2 Å². The standard InChI is InChI=1S/C17H18N4O2/c1-12-10-18-7-6-13(12)19-8-9-21-11-20-14-4-3-5-15(23-2)16(14)17(21)22/h3-7,10-11H,8-9H2,1-2H3,(H,18,19). The minimum Gasteiger partial charge on any atom is -0.496 e. The summed E-state index contributed by atoms with van der Waals surface area (Å²) < 4.78 is 6.87. The minimum atomic E-state index is -0.0966. The number of benzene rings is 1. The molecule has 0 saturated heterocycles. The van der Waals surface area contributed by atoms with E-state index in [1.165, 1.54) is 0 Å². The molecule has 0 atom stereocenters. The van der Waals surface area contributed by atoms with Crippen molar-refractivity contribution in [3.63, 3.8) is 0 Å². The van der Waals surface area contributed by atoms with Crippen molar-refractivity contribution in [2.24, 2.45) is 0 Å². The van der Waals surface area contributed by atoms with Crippen molar-refractivity contribution < 1.29 is 4.74 Å². The van der Waals surface area contributed by atoms with Gasteiger partial charge in [-0.2, -0.15) is 0 Å². The fraction of sp³-hybridized carbons (Fsp3) is 0.235. The highest BCUT2D eigenvalue weighted by atomic mass is 16.5. The summed E-state index contributed by atoms with van der Waals surface area (Å²) in [6, 6.07) is 7.32. The Morgan fingerprint density at radius 3 is 2.96 bits per heavy atom. The number of nitrogens with one attached hydrogen (secondary N) is 1. The Balaban J connectivity index is 1.82. The summed E-state index contributed by atoms with van der Waals surface area (Å²) in [4.78, 5) is 21.0. The first-order chi connectivity index (χ1) is 11.2. The van der Waals surface area contributed by atoms with Gasteiger partial charge in [0.05, 0.1) is 19.0 Å². The summed E-state index contributed by atoms with van der Waals surface area (Å²) in [5, 5.41) is 3.82. The highest BCUT2D eigenvalue weighted by Crippen LogP contribution is 2.19. The average Bonchev–Trinajstić information content (AvgIpc) is 2.58. The Morgan fingerprint density at radius 2 is 2.17 bits per heavy atom. The predicted octanol–water partition coefficient (Wildman–Crippen LogP) is 2.22. The molecule has 1 aromatic carbocycles. The predicted molar refractivity (Wildman–Crippen MR) is 90.0 cm³/mol. The van der Waals surface area contributed by atoms with Gasteiger partial charge in [-0.15, -0.1) is 0 Å². The first kappa shape index (κ1) is 15.0. The van der Waals surface area contributed by atoms with Crippen LogP contribution in [0.25, 0.3) is 10.9 Å². The zero-order valence-corrected chi connectivity index (χ0v) is 13.1. The van der Waals surface area contributed by atoms with Crippen LogP contribution in [0.15, 0.2) is 47.8 Å². The molecule has 6 nitrogen and oxygen atoms in total. The van der Waals surface area contributed by atoms with Crippen LogP contribution in [0.5, 0.6) is 5.75 Å². The van der Waals surface area contributed by atoms with Gasteiger partial charge in [-0.25, -0.2) is 4.98 Å². The lowest BCUT2D eigenvalue weighted by Crippen LogP contribution is -2.24. The third-order valence-corrected chi connectivity index (χ3v) is 3.72. The van der Waals surface area contributed by atoms with E-state index < -0.39 is 0 Å². The van der Waals surface area contributed by atoms with E-state index in [0.717, 1.165) is 11.3 Å². The Kier molecular flexibility index (Phi) is 4.23. The molecule has 0 unspecified atom stereocenters. The molecule has 23 heavy (non-hydrogen) atoms. The molecule has 0 aliphatic heterocycles. The topological polar surface area (TPSA) is 69.0 Å². The number of hydrogen-bond donors (Lipinski definition) is 1.